The molecule has 0 saturated heterocycles. The van der Waals surface area contributed by atoms with Gasteiger partial charge >= 0.3 is 5.91 Å². The molecule has 3 aromatic rings. The van der Waals surface area contributed by atoms with Crippen molar-refractivity contribution in [2.45, 2.75) is 20.5 Å². The molecule has 150 valence electrons. The third kappa shape index (κ3) is 5.62. The second kappa shape index (κ2) is 9.45. The Labute approximate surface area is 168 Å². The van der Waals surface area contributed by atoms with E-state index in [1.165, 1.54) is 6.26 Å². The minimum atomic E-state index is -0.582. The molecule has 0 saturated carbocycles. The molecule has 0 radical (unpaired) electrons. The average Bonchev–Trinajstić information content (AvgIpc) is 3.21. The van der Waals surface area contributed by atoms with Crippen LogP contribution in [-0.4, -0.2) is 18.4 Å². The molecule has 0 spiro atoms. The third-order valence-corrected chi connectivity index (χ3v) is 4.25. The van der Waals surface area contributed by atoms with E-state index in [-0.39, 0.29) is 19.0 Å². The number of benzene rings is 2. The first kappa shape index (κ1) is 20.0. The summed E-state index contributed by atoms with van der Waals surface area (Å²) in [4.78, 5) is 24.2. The SMILES string of the molecule is Cc1ccc(OCC(=O)NNC(=O)c2occc2COc2ccccc2)cc1C. The smallest absolute Gasteiger partial charge is 0.305 e. The lowest BCUT2D eigenvalue weighted by molar-refractivity contribution is -0.123. The molecule has 7 nitrogen and oxygen atoms in total. The number of aryl methyl sites for hydroxylation is 2. The van der Waals surface area contributed by atoms with Crippen LogP contribution in [0.2, 0.25) is 0 Å². The lowest BCUT2D eigenvalue weighted by Gasteiger charge is -2.10. The summed E-state index contributed by atoms with van der Waals surface area (Å²) < 4.78 is 16.3. The van der Waals surface area contributed by atoms with Gasteiger partial charge in [-0.25, -0.2) is 0 Å². The number of hydrazine groups is 1. The molecule has 0 atom stereocenters. The van der Waals surface area contributed by atoms with Crippen LogP contribution in [0.1, 0.15) is 27.2 Å². The molecule has 3 rings (SSSR count). The van der Waals surface area contributed by atoms with Crippen LogP contribution in [0, 0.1) is 13.8 Å². The quantitative estimate of drug-likeness (QED) is 0.600. The van der Waals surface area contributed by atoms with E-state index < -0.39 is 11.8 Å². The first-order chi connectivity index (χ1) is 14.0. The lowest BCUT2D eigenvalue weighted by atomic mass is 10.1. The van der Waals surface area contributed by atoms with Gasteiger partial charge in [-0.3, -0.25) is 20.4 Å². The number of furan rings is 1. The maximum absolute atomic E-state index is 12.3. The van der Waals surface area contributed by atoms with E-state index in [1.54, 1.807) is 12.1 Å². The van der Waals surface area contributed by atoms with Crippen LogP contribution in [-0.2, 0) is 11.4 Å². The number of para-hydroxylation sites is 1. The largest absolute Gasteiger partial charge is 0.489 e. The Kier molecular flexibility index (Phi) is 6.52. The number of amides is 2. The van der Waals surface area contributed by atoms with Crippen molar-refractivity contribution in [1.29, 1.82) is 0 Å². The average molecular weight is 394 g/mol. The van der Waals surface area contributed by atoms with Gasteiger partial charge in [0.1, 0.15) is 18.1 Å². The van der Waals surface area contributed by atoms with Crippen molar-refractivity contribution >= 4 is 11.8 Å². The first-order valence-corrected chi connectivity index (χ1v) is 9.06. The summed E-state index contributed by atoms with van der Waals surface area (Å²) in [6.07, 6.45) is 1.39. The van der Waals surface area contributed by atoms with Gasteiger partial charge in [0.05, 0.1) is 6.26 Å². The molecule has 0 aliphatic heterocycles. The summed E-state index contributed by atoms with van der Waals surface area (Å²) in [6, 6.07) is 16.4. The number of nitrogens with one attached hydrogen (secondary N) is 2. The van der Waals surface area contributed by atoms with Gasteiger partial charge in [-0.05, 0) is 55.3 Å². The Hall–Kier alpha value is -3.74. The second-order valence-corrected chi connectivity index (χ2v) is 6.41. The fraction of sp³-hybridized carbons (Fsp3) is 0.182. The minimum Gasteiger partial charge on any atom is -0.489 e. The molecular weight excluding hydrogens is 372 g/mol. The van der Waals surface area contributed by atoms with E-state index in [0.717, 1.165) is 11.1 Å². The molecule has 1 heterocycles. The highest BCUT2D eigenvalue weighted by molar-refractivity contribution is 5.94. The van der Waals surface area contributed by atoms with Gasteiger partial charge in [-0.2, -0.15) is 0 Å². The molecule has 0 aliphatic carbocycles. The zero-order valence-corrected chi connectivity index (χ0v) is 16.2. The maximum atomic E-state index is 12.3. The fourth-order valence-corrected chi connectivity index (χ4v) is 2.50. The van der Waals surface area contributed by atoms with Crippen molar-refractivity contribution in [3.05, 3.63) is 83.3 Å². The molecule has 0 unspecified atom stereocenters. The molecule has 0 bridgehead atoms. The Morgan fingerprint density at radius 3 is 2.45 bits per heavy atom. The number of hydrogen-bond donors (Lipinski definition) is 2. The summed E-state index contributed by atoms with van der Waals surface area (Å²) in [6.45, 7) is 3.89. The summed E-state index contributed by atoms with van der Waals surface area (Å²) in [5.41, 5.74) is 7.39. The van der Waals surface area contributed by atoms with E-state index in [2.05, 4.69) is 10.9 Å². The van der Waals surface area contributed by atoms with Crippen molar-refractivity contribution < 1.29 is 23.5 Å². The zero-order valence-electron chi connectivity index (χ0n) is 16.2. The molecule has 2 N–H and O–H groups in total. The van der Waals surface area contributed by atoms with Gasteiger partial charge in [-0.15, -0.1) is 0 Å². The molecular formula is C22H22N2O5. The Balaban J connectivity index is 1.47. The van der Waals surface area contributed by atoms with Crippen LogP contribution < -0.4 is 20.3 Å². The van der Waals surface area contributed by atoms with Gasteiger partial charge in [0.15, 0.2) is 12.4 Å². The van der Waals surface area contributed by atoms with Gasteiger partial charge in [-0.1, -0.05) is 24.3 Å². The maximum Gasteiger partial charge on any atom is 0.305 e. The van der Waals surface area contributed by atoms with Crippen molar-refractivity contribution in [2.24, 2.45) is 0 Å². The van der Waals surface area contributed by atoms with Crippen LogP contribution >= 0.6 is 0 Å². The predicted molar refractivity (Wildman–Crippen MR) is 107 cm³/mol. The van der Waals surface area contributed by atoms with Crippen LogP contribution in [0.25, 0.3) is 0 Å². The third-order valence-electron chi connectivity index (χ3n) is 4.25. The van der Waals surface area contributed by atoms with Gasteiger partial charge < -0.3 is 13.9 Å². The topological polar surface area (TPSA) is 89.8 Å². The molecule has 29 heavy (non-hydrogen) atoms. The summed E-state index contributed by atoms with van der Waals surface area (Å²) >= 11 is 0. The van der Waals surface area contributed by atoms with E-state index in [0.29, 0.717) is 17.1 Å². The van der Waals surface area contributed by atoms with E-state index in [9.17, 15) is 9.59 Å². The fourth-order valence-electron chi connectivity index (χ4n) is 2.50. The zero-order chi connectivity index (χ0) is 20.6. The van der Waals surface area contributed by atoms with E-state index >= 15 is 0 Å². The van der Waals surface area contributed by atoms with Crippen molar-refractivity contribution in [3.8, 4) is 11.5 Å². The Morgan fingerprint density at radius 1 is 0.897 bits per heavy atom. The number of rotatable bonds is 7. The summed E-state index contributed by atoms with van der Waals surface area (Å²) in [5, 5.41) is 0. The van der Waals surface area contributed by atoms with Gasteiger partial charge in [0, 0.05) is 5.56 Å². The van der Waals surface area contributed by atoms with Crippen molar-refractivity contribution in [1.82, 2.24) is 10.9 Å². The number of ether oxygens (including phenoxy) is 2. The van der Waals surface area contributed by atoms with Crippen LogP contribution in [0.3, 0.4) is 0 Å². The lowest BCUT2D eigenvalue weighted by Crippen LogP contribution is -2.44. The molecule has 7 heteroatoms. The minimum absolute atomic E-state index is 0.0660. The van der Waals surface area contributed by atoms with Crippen LogP contribution in [0.4, 0.5) is 0 Å². The Bertz CT molecular complexity index is 982. The number of hydrogen-bond acceptors (Lipinski definition) is 5. The summed E-state index contributed by atoms with van der Waals surface area (Å²) in [5.74, 6) is 0.250. The standard InChI is InChI=1S/C22H22N2O5/c1-15-8-9-19(12-16(15)2)29-14-20(25)23-24-22(26)21-17(10-11-27-21)13-28-18-6-4-3-5-7-18/h3-12H,13-14H2,1-2H3,(H,23,25)(H,24,26). The number of carbonyl (C=O) groups excluding carboxylic acids is 2. The second-order valence-electron chi connectivity index (χ2n) is 6.41. The summed E-state index contributed by atoms with van der Waals surface area (Å²) in [7, 11) is 0. The van der Waals surface area contributed by atoms with E-state index in [1.807, 2.05) is 56.3 Å². The predicted octanol–water partition coefficient (Wildman–Crippen LogP) is 3.32. The highest BCUT2D eigenvalue weighted by Crippen LogP contribution is 2.17. The monoisotopic (exact) mass is 394 g/mol. The van der Waals surface area contributed by atoms with Crippen molar-refractivity contribution in [3.63, 3.8) is 0 Å². The van der Waals surface area contributed by atoms with Crippen molar-refractivity contribution in [2.75, 3.05) is 6.61 Å². The normalized spacial score (nSPS) is 10.3. The highest BCUT2D eigenvalue weighted by atomic mass is 16.5. The highest BCUT2D eigenvalue weighted by Gasteiger charge is 2.17. The van der Waals surface area contributed by atoms with Crippen LogP contribution in [0.15, 0.2) is 65.3 Å². The molecule has 0 aliphatic rings. The first-order valence-electron chi connectivity index (χ1n) is 9.06. The Morgan fingerprint density at radius 2 is 1.69 bits per heavy atom. The van der Waals surface area contributed by atoms with E-state index in [4.69, 9.17) is 13.9 Å². The molecule has 0 fully saturated rings. The van der Waals surface area contributed by atoms with Gasteiger partial charge in [0.2, 0.25) is 0 Å². The molecule has 2 aromatic carbocycles. The van der Waals surface area contributed by atoms with Gasteiger partial charge in [0.25, 0.3) is 5.91 Å². The molecule has 1 aromatic heterocycles. The number of carbonyl (C=O) groups is 2. The molecule has 2 amide bonds. The van der Waals surface area contributed by atoms with Crippen LogP contribution in [0.5, 0.6) is 11.5 Å².